The van der Waals surface area contributed by atoms with Crippen molar-refractivity contribution in [2.75, 3.05) is 18.0 Å². The van der Waals surface area contributed by atoms with Gasteiger partial charge in [0.1, 0.15) is 11.6 Å². The van der Waals surface area contributed by atoms with E-state index in [-0.39, 0.29) is 5.75 Å². The van der Waals surface area contributed by atoms with Crippen LogP contribution in [0.2, 0.25) is 0 Å². The first-order chi connectivity index (χ1) is 16.5. The van der Waals surface area contributed by atoms with Crippen molar-refractivity contribution in [3.63, 3.8) is 0 Å². The van der Waals surface area contributed by atoms with E-state index < -0.39 is 0 Å². The number of benzene rings is 3. The van der Waals surface area contributed by atoms with Crippen molar-refractivity contribution in [1.82, 2.24) is 15.3 Å². The van der Waals surface area contributed by atoms with Crippen molar-refractivity contribution in [1.29, 1.82) is 0 Å². The summed E-state index contributed by atoms with van der Waals surface area (Å²) in [6.45, 7) is 8.39. The molecule has 174 valence electrons. The largest absolute Gasteiger partial charge is 0.507 e. The molecule has 34 heavy (non-hydrogen) atoms. The molecule has 1 saturated heterocycles. The van der Waals surface area contributed by atoms with E-state index in [9.17, 15) is 5.11 Å². The Kier molecular flexibility index (Phi) is 6.20. The lowest BCUT2D eigenvalue weighted by molar-refractivity contribution is 0.335. The zero-order valence-corrected chi connectivity index (χ0v) is 20.1. The van der Waals surface area contributed by atoms with Crippen LogP contribution in [-0.2, 0) is 6.42 Å². The molecule has 2 heterocycles. The summed E-state index contributed by atoms with van der Waals surface area (Å²) < 4.78 is 0. The van der Waals surface area contributed by atoms with Crippen LogP contribution in [0.5, 0.6) is 5.75 Å². The quantitative estimate of drug-likeness (QED) is 0.427. The third-order valence-corrected chi connectivity index (χ3v) is 6.78. The topological polar surface area (TPSA) is 61.3 Å². The van der Waals surface area contributed by atoms with E-state index in [0.717, 1.165) is 41.8 Å². The summed E-state index contributed by atoms with van der Waals surface area (Å²) in [4.78, 5) is 12.4. The van der Waals surface area contributed by atoms with Gasteiger partial charge in [0.2, 0.25) is 0 Å². The molecule has 1 aromatic heterocycles. The highest BCUT2D eigenvalue weighted by Crippen LogP contribution is 2.34. The molecule has 1 fully saturated rings. The summed E-state index contributed by atoms with van der Waals surface area (Å²) in [5.41, 5.74) is 4.05. The van der Waals surface area contributed by atoms with Gasteiger partial charge in [-0.1, -0.05) is 62.4 Å². The van der Waals surface area contributed by atoms with Crippen LogP contribution in [0.25, 0.3) is 22.3 Å². The lowest BCUT2D eigenvalue weighted by Gasteiger charge is -2.43. The highest BCUT2D eigenvalue weighted by Gasteiger charge is 2.32. The van der Waals surface area contributed by atoms with Crippen molar-refractivity contribution in [3.05, 3.63) is 83.9 Å². The molecule has 0 bridgehead atoms. The first kappa shape index (κ1) is 22.4. The molecule has 0 spiro atoms. The zero-order valence-electron chi connectivity index (χ0n) is 20.1. The molecule has 5 nitrogen and oxygen atoms in total. The Balaban J connectivity index is 1.61. The Labute approximate surface area is 201 Å². The second kappa shape index (κ2) is 9.43. The standard InChI is InChI=1S/C29H32N4O/c1-19(2)26-17-30-22(16-21-9-5-4-6-10-21)18-33(26)29-23-14-13-20(3)15-25(23)31-28(32-29)24-11-7-8-12-27(24)34/h4-15,19,22,26,30,34H,16-18H2,1-3H3. The van der Waals surface area contributed by atoms with Gasteiger partial charge in [-0.3, -0.25) is 0 Å². The van der Waals surface area contributed by atoms with Crippen LogP contribution in [0, 0.1) is 12.8 Å². The number of para-hydroxylation sites is 1. The van der Waals surface area contributed by atoms with Gasteiger partial charge in [-0.25, -0.2) is 9.97 Å². The fourth-order valence-corrected chi connectivity index (χ4v) is 4.93. The van der Waals surface area contributed by atoms with Crippen LogP contribution in [0.3, 0.4) is 0 Å². The van der Waals surface area contributed by atoms with Gasteiger partial charge in [-0.2, -0.15) is 0 Å². The SMILES string of the molecule is Cc1ccc2c(N3CC(Cc4ccccc4)NCC3C(C)C)nc(-c3ccccc3O)nc2c1. The van der Waals surface area contributed by atoms with Crippen molar-refractivity contribution >= 4 is 16.7 Å². The number of hydrogen-bond acceptors (Lipinski definition) is 5. The minimum absolute atomic E-state index is 0.197. The van der Waals surface area contributed by atoms with Gasteiger partial charge in [0.25, 0.3) is 0 Å². The van der Waals surface area contributed by atoms with Crippen LogP contribution in [0.15, 0.2) is 72.8 Å². The van der Waals surface area contributed by atoms with Gasteiger partial charge in [-0.15, -0.1) is 0 Å². The van der Waals surface area contributed by atoms with Gasteiger partial charge >= 0.3 is 0 Å². The molecule has 3 aromatic carbocycles. The summed E-state index contributed by atoms with van der Waals surface area (Å²) in [7, 11) is 0. The number of rotatable bonds is 5. The molecular formula is C29H32N4O. The van der Waals surface area contributed by atoms with E-state index in [0.29, 0.717) is 29.4 Å². The van der Waals surface area contributed by atoms with Crippen molar-refractivity contribution in [3.8, 4) is 17.1 Å². The summed E-state index contributed by atoms with van der Waals surface area (Å²) >= 11 is 0. The first-order valence-electron chi connectivity index (χ1n) is 12.1. The number of nitrogens with zero attached hydrogens (tertiary/aromatic N) is 3. The number of hydrogen-bond donors (Lipinski definition) is 2. The van der Waals surface area contributed by atoms with E-state index in [2.05, 4.69) is 79.5 Å². The number of piperazine rings is 1. The van der Waals surface area contributed by atoms with Gasteiger partial charge in [0.15, 0.2) is 5.82 Å². The molecule has 0 aliphatic carbocycles. The monoisotopic (exact) mass is 452 g/mol. The molecule has 5 heteroatoms. The van der Waals surface area contributed by atoms with Crippen molar-refractivity contribution < 1.29 is 5.11 Å². The summed E-state index contributed by atoms with van der Waals surface area (Å²) in [6, 6.07) is 25.0. The average molecular weight is 453 g/mol. The molecule has 1 aliphatic heterocycles. The Hall–Kier alpha value is -3.44. The summed E-state index contributed by atoms with van der Waals surface area (Å²) in [6.07, 6.45) is 0.969. The zero-order chi connectivity index (χ0) is 23.7. The van der Waals surface area contributed by atoms with E-state index >= 15 is 0 Å². The lowest BCUT2D eigenvalue weighted by Crippen LogP contribution is -2.59. The van der Waals surface area contributed by atoms with E-state index in [1.807, 2.05) is 18.2 Å². The maximum atomic E-state index is 10.5. The second-order valence-electron chi connectivity index (χ2n) is 9.67. The molecule has 1 aliphatic rings. The number of fused-ring (bicyclic) bond motifs is 1. The van der Waals surface area contributed by atoms with Crippen LogP contribution in [0.4, 0.5) is 5.82 Å². The Morgan fingerprint density at radius 1 is 1.00 bits per heavy atom. The Morgan fingerprint density at radius 3 is 2.53 bits per heavy atom. The molecule has 0 amide bonds. The molecule has 2 atom stereocenters. The van der Waals surface area contributed by atoms with Crippen LogP contribution >= 0.6 is 0 Å². The van der Waals surface area contributed by atoms with E-state index in [1.165, 1.54) is 5.56 Å². The fourth-order valence-electron chi connectivity index (χ4n) is 4.93. The molecule has 4 aromatic rings. The fraction of sp³-hybridized carbons (Fsp3) is 0.310. The Morgan fingerprint density at radius 2 is 1.76 bits per heavy atom. The minimum atomic E-state index is 0.197. The number of phenols is 1. The van der Waals surface area contributed by atoms with Crippen LogP contribution < -0.4 is 10.2 Å². The van der Waals surface area contributed by atoms with Crippen LogP contribution in [-0.4, -0.2) is 40.2 Å². The summed E-state index contributed by atoms with van der Waals surface area (Å²) in [5.74, 6) is 2.16. The predicted octanol–water partition coefficient (Wildman–Crippen LogP) is 5.36. The number of aromatic nitrogens is 2. The van der Waals surface area contributed by atoms with Gasteiger partial charge < -0.3 is 15.3 Å². The highest BCUT2D eigenvalue weighted by molar-refractivity contribution is 5.92. The van der Waals surface area contributed by atoms with Crippen molar-refractivity contribution in [2.45, 2.75) is 39.3 Å². The van der Waals surface area contributed by atoms with Crippen molar-refractivity contribution in [2.24, 2.45) is 5.92 Å². The lowest BCUT2D eigenvalue weighted by atomic mass is 9.95. The molecule has 0 radical (unpaired) electrons. The number of anilines is 1. The third kappa shape index (κ3) is 4.48. The molecule has 2 unspecified atom stereocenters. The first-order valence-corrected chi connectivity index (χ1v) is 12.1. The smallest absolute Gasteiger partial charge is 0.165 e. The number of phenolic OH excluding ortho intramolecular Hbond substituents is 1. The average Bonchev–Trinajstić information content (AvgIpc) is 2.84. The molecule has 5 rings (SSSR count). The maximum absolute atomic E-state index is 10.5. The third-order valence-electron chi connectivity index (χ3n) is 6.78. The normalized spacial score (nSPS) is 18.5. The van der Waals surface area contributed by atoms with E-state index in [1.54, 1.807) is 6.07 Å². The maximum Gasteiger partial charge on any atom is 0.165 e. The minimum Gasteiger partial charge on any atom is -0.507 e. The number of nitrogens with one attached hydrogen (secondary N) is 1. The Bertz CT molecular complexity index is 1290. The molecule has 0 saturated carbocycles. The molecule has 2 N–H and O–H groups in total. The highest BCUT2D eigenvalue weighted by atomic mass is 16.3. The second-order valence-corrected chi connectivity index (χ2v) is 9.67. The number of aryl methyl sites for hydroxylation is 1. The van der Waals surface area contributed by atoms with Gasteiger partial charge in [-0.05, 0) is 54.7 Å². The van der Waals surface area contributed by atoms with Gasteiger partial charge in [0.05, 0.1) is 11.1 Å². The number of aromatic hydroxyl groups is 1. The molecular weight excluding hydrogens is 420 g/mol. The van der Waals surface area contributed by atoms with E-state index in [4.69, 9.17) is 9.97 Å². The van der Waals surface area contributed by atoms with Gasteiger partial charge in [0, 0.05) is 30.6 Å². The summed E-state index contributed by atoms with van der Waals surface area (Å²) in [5, 5.41) is 15.4. The predicted molar refractivity (Wildman–Crippen MR) is 139 cm³/mol. The van der Waals surface area contributed by atoms with Crippen LogP contribution in [0.1, 0.15) is 25.0 Å².